The summed E-state index contributed by atoms with van der Waals surface area (Å²) < 4.78 is 5.90. The van der Waals surface area contributed by atoms with E-state index in [1.807, 2.05) is 18.2 Å². The highest BCUT2D eigenvalue weighted by molar-refractivity contribution is 6.35. The molecule has 0 bridgehead atoms. The number of carbonyl (C=O) groups is 1. The Bertz CT molecular complexity index is 1200. The summed E-state index contributed by atoms with van der Waals surface area (Å²) in [6, 6.07) is 19.5. The predicted octanol–water partition coefficient (Wildman–Crippen LogP) is 7.33. The summed E-state index contributed by atoms with van der Waals surface area (Å²) in [7, 11) is 0. The van der Waals surface area contributed by atoms with Crippen LogP contribution in [-0.2, 0) is 17.8 Å². The predicted molar refractivity (Wildman–Crippen MR) is 130 cm³/mol. The maximum absolute atomic E-state index is 12.6. The fraction of sp³-hybridized carbons (Fsp3) is 0.120. The van der Waals surface area contributed by atoms with Gasteiger partial charge in [0.25, 0.3) is 5.91 Å². The number of benzene rings is 3. The van der Waals surface area contributed by atoms with Crippen LogP contribution in [0.5, 0.6) is 5.75 Å². The first-order chi connectivity index (χ1) is 15.4. The highest BCUT2D eigenvalue weighted by Gasteiger charge is 2.13. The molecule has 0 saturated heterocycles. The van der Waals surface area contributed by atoms with Crippen molar-refractivity contribution in [3.05, 3.63) is 98.0 Å². The molecule has 0 fully saturated rings. The van der Waals surface area contributed by atoms with E-state index in [4.69, 9.17) is 39.5 Å². The number of aryl methyl sites for hydroxylation is 1. The molecule has 4 nitrogen and oxygen atoms in total. The third kappa shape index (κ3) is 6.27. The lowest BCUT2D eigenvalue weighted by Gasteiger charge is -2.12. The largest absolute Gasteiger partial charge is 0.488 e. The Morgan fingerprint density at radius 2 is 1.72 bits per heavy atom. The summed E-state index contributed by atoms with van der Waals surface area (Å²) in [5.41, 5.74) is 2.92. The zero-order chi connectivity index (χ0) is 23.1. The molecule has 162 valence electrons. The number of hydrogen-bond donors (Lipinski definition) is 1. The van der Waals surface area contributed by atoms with Crippen LogP contribution in [0.25, 0.3) is 6.08 Å². The van der Waals surface area contributed by atoms with E-state index in [9.17, 15) is 10.1 Å². The Kier molecular flexibility index (Phi) is 8.19. The average Bonchev–Trinajstić information content (AvgIpc) is 2.78. The van der Waals surface area contributed by atoms with Gasteiger partial charge in [-0.2, -0.15) is 5.26 Å². The Labute approximate surface area is 202 Å². The van der Waals surface area contributed by atoms with Crippen molar-refractivity contribution in [2.24, 2.45) is 0 Å². The topological polar surface area (TPSA) is 62.1 Å². The Balaban J connectivity index is 1.82. The van der Waals surface area contributed by atoms with E-state index in [0.29, 0.717) is 32.1 Å². The van der Waals surface area contributed by atoms with Crippen LogP contribution in [0.1, 0.15) is 23.6 Å². The molecule has 0 atom stereocenters. The van der Waals surface area contributed by atoms with Gasteiger partial charge < -0.3 is 10.1 Å². The fourth-order valence-electron chi connectivity index (χ4n) is 2.88. The second kappa shape index (κ2) is 11.1. The van der Waals surface area contributed by atoms with Crippen molar-refractivity contribution in [3.8, 4) is 11.8 Å². The zero-order valence-corrected chi connectivity index (χ0v) is 19.4. The number of hydrogen-bond acceptors (Lipinski definition) is 3. The summed E-state index contributed by atoms with van der Waals surface area (Å²) in [6.07, 6.45) is 2.34. The van der Waals surface area contributed by atoms with Gasteiger partial charge in [-0.05, 0) is 60.5 Å². The molecule has 3 aromatic carbocycles. The van der Waals surface area contributed by atoms with E-state index in [1.165, 1.54) is 6.08 Å². The minimum absolute atomic E-state index is 0.0822. The van der Waals surface area contributed by atoms with E-state index in [0.717, 1.165) is 17.5 Å². The SMILES string of the molecule is CCc1ccc(NC(=O)/C(C#N)=C/c2cc(Cl)ccc2OCc2ccc(Cl)cc2Cl)cc1. The summed E-state index contributed by atoms with van der Waals surface area (Å²) in [5, 5.41) is 13.8. The van der Waals surface area contributed by atoms with E-state index in [-0.39, 0.29) is 12.2 Å². The first-order valence-corrected chi connectivity index (χ1v) is 10.9. The minimum atomic E-state index is -0.525. The van der Waals surface area contributed by atoms with Crippen LogP contribution in [0.3, 0.4) is 0 Å². The van der Waals surface area contributed by atoms with Gasteiger partial charge in [0.05, 0.1) is 0 Å². The molecule has 0 aliphatic carbocycles. The number of carbonyl (C=O) groups excluding carboxylic acids is 1. The Morgan fingerprint density at radius 3 is 2.38 bits per heavy atom. The maximum Gasteiger partial charge on any atom is 0.266 e. The van der Waals surface area contributed by atoms with Gasteiger partial charge in [0.2, 0.25) is 0 Å². The Hall–Kier alpha value is -2.97. The fourth-order valence-corrected chi connectivity index (χ4v) is 3.53. The molecule has 0 aliphatic heterocycles. The van der Waals surface area contributed by atoms with Gasteiger partial charge in [0.1, 0.15) is 24.0 Å². The molecular weight excluding hydrogens is 467 g/mol. The van der Waals surface area contributed by atoms with Gasteiger partial charge in [-0.3, -0.25) is 4.79 Å². The molecule has 0 unspecified atom stereocenters. The van der Waals surface area contributed by atoms with Crippen molar-refractivity contribution in [2.45, 2.75) is 20.0 Å². The third-order valence-corrected chi connectivity index (χ3v) is 5.48. The molecule has 0 saturated carbocycles. The quantitative estimate of drug-likeness (QED) is 0.281. The van der Waals surface area contributed by atoms with Crippen LogP contribution < -0.4 is 10.1 Å². The van der Waals surface area contributed by atoms with Crippen molar-refractivity contribution in [3.63, 3.8) is 0 Å². The number of halogens is 3. The van der Waals surface area contributed by atoms with Gasteiger partial charge in [-0.1, -0.05) is 59.9 Å². The molecule has 1 amide bonds. The number of nitrogens with zero attached hydrogens (tertiary/aromatic N) is 1. The van der Waals surface area contributed by atoms with Crippen molar-refractivity contribution in [1.29, 1.82) is 5.26 Å². The average molecular weight is 486 g/mol. The maximum atomic E-state index is 12.6. The van der Waals surface area contributed by atoms with Gasteiger partial charge in [0.15, 0.2) is 0 Å². The molecule has 0 aliphatic rings. The van der Waals surface area contributed by atoms with Crippen LogP contribution >= 0.6 is 34.8 Å². The van der Waals surface area contributed by atoms with Gasteiger partial charge >= 0.3 is 0 Å². The number of anilines is 1. The highest BCUT2D eigenvalue weighted by Crippen LogP contribution is 2.28. The lowest BCUT2D eigenvalue weighted by Crippen LogP contribution is -2.13. The Morgan fingerprint density at radius 1 is 1.03 bits per heavy atom. The van der Waals surface area contributed by atoms with Crippen molar-refractivity contribution < 1.29 is 9.53 Å². The van der Waals surface area contributed by atoms with Crippen LogP contribution in [0.15, 0.2) is 66.2 Å². The molecule has 7 heteroatoms. The van der Waals surface area contributed by atoms with Crippen molar-refractivity contribution in [2.75, 3.05) is 5.32 Å². The second-order valence-electron chi connectivity index (χ2n) is 6.88. The summed E-state index contributed by atoms with van der Waals surface area (Å²) in [4.78, 5) is 12.6. The lowest BCUT2D eigenvalue weighted by molar-refractivity contribution is -0.112. The minimum Gasteiger partial charge on any atom is -0.488 e. The highest BCUT2D eigenvalue weighted by atomic mass is 35.5. The van der Waals surface area contributed by atoms with E-state index < -0.39 is 5.91 Å². The summed E-state index contributed by atoms with van der Waals surface area (Å²) in [5.74, 6) is -0.0725. The monoisotopic (exact) mass is 484 g/mol. The van der Waals surface area contributed by atoms with Crippen LogP contribution in [0.4, 0.5) is 5.69 Å². The molecular formula is C25H19Cl3N2O2. The zero-order valence-electron chi connectivity index (χ0n) is 17.2. The lowest BCUT2D eigenvalue weighted by atomic mass is 10.1. The normalized spacial score (nSPS) is 11.0. The van der Waals surface area contributed by atoms with Crippen molar-refractivity contribution in [1.82, 2.24) is 0 Å². The molecule has 0 radical (unpaired) electrons. The molecule has 1 N–H and O–H groups in total. The first-order valence-electron chi connectivity index (χ1n) is 9.78. The number of nitriles is 1. The van der Waals surface area contributed by atoms with Crippen LogP contribution in [-0.4, -0.2) is 5.91 Å². The molecule has 3 aromatic rings. The number of amides is 1. The molecule has 32 heavy (non-hydrogen) atoms. The third-order valence-electron chi connectivity index (χ3n) is 4.66. The number of nitrogens with one attached hydrogen (secondary N) is 1. The molecule has 0 heterocycles. The van der Waals surface area contributed by atoms with Gasteiger partial charge in [-0.15, -0.1) is 0 Å². The van der Waals surface area contributed by atoms with E-state index >= 15 is 0 Å². The molecule has 0 spiro atoms. The smallest absolute Gasteiger partial charge is 0.266 e. The summed E-state index contributed by atoms with van der Waals surface area (Å²) in [6.45, 7) is 2.23. The second-order valence-corrected chi connectivity index (χ2v) is 8.16. The number of rotatable bonds is 7. The summed E-state index contributed by atoms with van der Waals surface area (Å²) >= 11 is 18.3. The standard InChI is InChI=1S/C25H19Cl3N2O2/c1-2-16-3-8-22(9-4-16)30-25(31)19(14-29)11-18-12-20(26)7-10-24(18)32-15-17-5-6-21(27)13-23(17)28/h3-13H,2,15H2,1H3,(H,30,31)/b19-11+. The molecule has 3 rings (SSSR count). The molecule has 0 aromatic heterocycles. The first kappa shape index (κ1) is 23.7. The van der Waals surface area contributed by atoms with Gasteiger partial charge in [-0.25, -0.2) is 0 Å². The van der Waals surface area contributed by atoms with Crippen LogP contribution in [0, 0.1) is 11.3 Å². The van der Waals surface area contributed by atoms with E-state index in [1.54, 1.807) is 48.5 Å². The van der Waals surface area contributed by atoms with Crippen molar-refractivity contribution >= 4 is 52.5 Å². The van der Waals surface area contributed by atoms with Gasteiger partial charge in [0, 0.05) is 31.9 Å². The number of ether oxygens (including phenoxy) is 1. The van der Waals surface area contributed by atoms with Crippen LogP contribution in [0.2, 0.25) is 15.1 Å². The van der Waals surface area contributed by atoms with E-state index in [2.05, 4.69) is 12.2 Å².